The summed E-state index contributed by atoms with van der Waals surface area (Å²) >= 11 is 0. The number of methoxy groups -OCH3 is 2. The highest BCUT2D eigenvalue weighted by molar-refractivity contribution is 5.93. The Morgan fingerprint density at radius 2 is 1.96 bits per heavy atom. The van der Waals surface area contributed by atoms with Crippen LogP contribution in [0.4, 0.5) is 11.4 Å². The van der Waals surface area contributed by atoms with Crippen molar-refractivity contribution in [1.29, 1.82) is 0 Å². The molecule has 1 aliphatic rings. The third-order valence-corrected chi connectivity index (χ3v) is 4.28. The van der Waals surface area contributed by atoms with E-state index in [4.69, 9.17) is 9.47 Å². The molecule has 5 heteroatoms. The third kappa shape index (κ3) is 2.85. The maximum Gasteiger partial charge on any atom is 0.337 e. The van der Waals surface area contributed by atoms with Gasteiger partial charge < -0.3 is 14.4 Å². The van der Waals surface area contributed by atoms with Crippen LogP contribution in [0.15, 0.2) is 36.4 Å². The van der Waals surface area contributed by atoms with Crippen LogP contribution in [0, 0.1) is 0 Å². The number of nitrogens with zero attached hydrogens (tertiary/aromatic N) is 1. The van der Waals surface area contributed by atoms with Crippen molar-refractivity contribution in [3.63, 3.8) is 0 Å². The van der Waals surface area contributed by atoms with Crippen molar-refractivity contribution in [3.05, 3.63) is 53.1 Å². The number of anilines is 2. The lowest BCUT2D eigenvalue weighted by Gasteiger charge is -2.32. The van der Waals surface area contributed by atoms with Crippen LogP contribution in [0.1, 0.15) is 32.7 Å². The van der Waals surface area contributed by atoms with Crippen LogP contribution < -0.4 is 9.64 Å². The topological polar surface area (TPSA) is 55.8 Å². The predicted octanol–water partition coefficient (Wildman–Crippen LogP) is 3.38. The lowest BCUT2D eigenvalue weighted by Crippen LogP contribution is -2.26. The minimum atomic E-state index is -0.371. The van der Waals surface area contributed by atoms with E-state index in [0.29, 0.717) is 16.9 Å². The number of aryl methyl sites for hydroxylation is 1. The molecule has 0 spiro atoms. The van der Waals surface area contributed by atoms with Crippen LogP contribution in [-0.4, -0.2) is 33.0 Å². The summed E-state index contributed by atoms with van der Waals surface area (Å²) in [4.78, 5) is 25.4. The van der Waals surface area contributed by atoms with E-state index in [-0.39, 0.29) is 5.97 Å². The summed E-state index contributed by atoms with van der Waals surface area (Å²) in [5, 5.41) is 0. The fourth-order valence-electron chi connectivity index (χ4n) is 3.05. The average Bonchev–Trinajstić information content (AvgIpc) is 2.65. The van der Waals surface area contributed by atoms with E-state index in [1.807, 2.05) is 18.2 Å². The highest BCUT2D eigenvalue weighted by atomic mass is 16.5. The standard InChI is InChI=1S/C19H19NO4/c1-23-16-8-7-15(12-21)18(11-16)20-9-3-4-13-5-6-14(10-17(13)20)19(22)24-2/h5-8,10-12H,3-4,9H2,1-2H3. The van der Waals surface area contributed by atoms with Gasteiger partial charge in [-0.15, -0.1) is 0 Å². The first-order chi connectivity index (χ1) is 11.7. The maximum absolute atomic E-state index is 11.8. The van der Waals surface area contributed by atoms with E-state index in [1.165, 1.54) is 7.11 Å². The van der Waals surface area contributed by atoms with Gasteiger partial charge in [-0.2, -0.15) is 0 Å². The molecule has 0 radical (unpaired) electrons. The first-order valence-corrected chi connectivity index (χ1v) is 7.80. The van der Waals surface area contributed by atoms with Crippen molar-refractivity contribution in [2.75, 3.05) is 25.7 Å². The maximum atomic E-state index is 11.8. The smallest absolute Gasteiger partial charge is 0.337 e. The van der Waals surface area contributed by atoms with E-state index in [9.17, 15) is 9.59 Å². The summed E-state index contributed by atoms with van der Waals surface area (Å²) in [6.07, 6.45) is 2.75. The fourth-order valence-corrected chi connectivity index (χ4v) is 3.05. The molecule has 0 bridgehead atoms. The molecule has 0 unspecified atom stereocenters. The fraction of sp³-hybridized carbons (Fsp3) is 0.263. The number of ether oxygens (including phenoxy) is 2. The Labute approximate surface area is 140 Å². The zero-order chi connectivity index (χ0) is 17.1. The molecule has 0 saturated heterocycles. The van der Waals surface area contributed by atoms with Gasteiger partial charge >= 0.3 is 5.97 Å². The molecule has 124 valence electrons. The second-order valence-corrected chi connectivity index (χ2v) is 5.63. The molecule has 5 nitrogen and oxygen atoms in total. The summed E-state index contributed by atoms with van der Waals surface area (Å²) < 4.78 is 10.1. The lowest BCUT2D eigenvalue weighted by molar-refractivity contribution is 0.0600. The van der Waals surface area contributed by atoms with Gasteiger partial charge in [-0.1, -0.05) is 6.07 Å². The van der Waals surface area contributed by atoms with Gasteiger partial charge in [0.1, 0.15) is 5.75 Å². The molecule has 3 rings (SSSR count). The molecule has 0 saturated carbocycles. The number of esters is 1. The summed E-state index contributed by atoms with van der Waals surface area (Å²) in [5.74, 6) is 0.316. The summed E-state index contributed by atoms with van der Waals surface area (Å²) in [5.41, 5.74) is 3.95. The summed E-state index contributed by atoms with van der Waals surface area (Å²) in [7, 11) is 2.96. The zero-order valence-electron chi connectivity index (χ0n) is 13.7. The quantitative estimate of drug-likeness (QED) is 0.637. The molecule has 0 amide bonds. The van der Waals surface area contributed by atoms with E-state index in [1.54, 1.807) is 25.3 Å². The van der Waals surface area contributed by atoms with Gasteiger partial charge in [0.05, 0.1) is 25.5 Å². The minimum absolute atomic E-state index is 0.371. The Balaban J connectivity index is 2.12. The molecule has 0 atom stereocenters. The number of hydrogen-bond acceptors (Lipinski definition) is 5. The minimum Gasteiger partial charge on any atom is -0.497 e. The molecule has 0 fully saturated rings. The number of benzene rings is 2. The Kier molecular flexibility index (Phi) is 4.51. The Morgan fingerprint density at radius 3 is 2.67 bits per heavy atom. The van der Waals surface area contributed by atoms with Crippen molar-refractivity contribution in [3.8, 4) is 5.75 Å². The predicted molar refractivity (Wildman–Crippen MR) is 91.5 cm³/mol. The summed E-state index contributed by atoms with van der Waals surface area (Å²) in [6, 6.07) is 10.9. The molecule has 0 aliphatic carbocycles. The van der Waals surface area contributed by atoms with Crippen molar-refractivity contribution < 1.29 is 19.1 Å². The average molecular weight is 325 g/mol. The SMILES string of the molecule is COC(=O)c1ccc2c(c1)N(c1cc(OC)ccc1C=O)CCC2. The molecule has 0 aromatic heterocycles. The van der Waals surface area contributed by atoms with Gasteiger partial charge in [-0.25, -0.2) is 4.79 Å². The highest BCUT2D eigenvalue weighted by Gasteiger charge is 2.22. The van der Waals surface area contributed by atoms with Gasteiger partial charge in [0.25, 0.3) is 0 Å². The van der Waals surface area contributed by atoms with Crippen molar-refractivity contribution in [1.82, 2.24) is 0 Å². The van der Waals surface area contributed by atoms with Gasteiger partial charge in [0, 0.05) is 23.9 Å². The number of rotatable bonds is 4. The van der Waals surface area contributed by atoms with E-state index < -0.39 is 0 Å². The third-order valence-electron chi connectivity index (χ3n) is 4.28. The van der Waals surface area contributed by atoms with E-state index in [0.717, 1.165) is 42.6 Å². The molecular formula is C19H19NO4. The molecular weight excluding hydrogens is 306 g/mol. The Bertz CT molecular complexity index is 785. The molecule has 2 aromatic rings. The normalized spacial score (nSPS) is 13.2. The van der Waals surface area contributed by atoms with Crippen LogP contribution in [0.3, 0.4) is 0 Å². The van der Waals surface area contributed by atoms with Crippen molar-refractivity contribution in [2.45, 2.75) is 12.8 Å². The number of carbonyl (C=O) groups excluding carboxylic acids is 2. The van der Waals surface area contributed by atoms with Gasteiger partial charge in [-0.05, 0) is 42.7 Å². The molecule has 0 N–H and O–H groups in total. The van der Waals surface area contributed by atoms with Gasteiger partial charge in [-0.3, -0.25) is 4.79 Å². The van der Waals surface area contributed by atoms with Gasteiger partial charge in [0.15, 0.2) is 6.29 Å². The van der Waals surface area contributed by atoms with Crippen molar-refractivity contribution >= 4 is 23.6 Å². The highest BCUT2D eigenvalue weighted by Crippen LogP contribution is 2.37. The molecule has 24 heavy (non-hydrogen) atoms. The Hall–Kier alpha value is -2.82. The first-order valence-electron chi connectivity index (χ1n) is 7.80. The molecule has 1 heterocycles. The van der Waals surface area contributed by atoms with E-state index >= 15 is 0 Å². The second kappa shape index (κ2) is 6.74. The second-order valence-electron chi connectivity index (χ2n) is 5.63. The number of hydrogen-bond donors (Lipinski definition) is 0. The molecule has 2 aromatic carbocycles. The lowest BCUT2D eigenvalue weighted by atomic mass is 9.98. The monoisotopic (exact) mass is 325 g/mol. The van der Waals surface area contributed by atoms with Crippen LogP contribution >= 0.6 is 0 Å². The molecule has 1 aliphatic heterocycles. The Morgan fingerprint density at radius 1 is 1.12 bits per heavy atom. The first kappa shape index (κ1) is 16.1. The van der Waals surface area contributed by atoms with Crippen LogP contribution in [-0.2, 0) is 11.2 Å². The van der Waals surface area contributed by atoms with Gasteiger partial charge in [0.2, 0.25) is 0 Å². The van der Waals surface area contributed by atoms with Crippen LogP contribution in [0.5, 0.6) is 5.75 Å². The number of aldehydes is 1. The summed E-state index contributed by atoms with van der Waals surface area (Å²) in [6.45, 7) is 0.769. The van der Waals surface area contributed by atoms with Crippen LogP contribution in [0.2, 0.25) is 0 Å². The van der Waals surface area contributed by atoms with E-state index in [2.05, 4.69) is 4.90 Å². The van der Waals surface area contributed by atoms with Crippen molar-refractivity contribution in [2.24, 2.45) is 0 Å². The number of fused-ring (bicyclic) bond motifs is 1. The van der Waals surface area contributed by atoms with Crippen LogP contribution in [0.25, 0.3) is 0 Å². The number of carbonyl (C=O) groups is 2. The zero-order valence-corrected chi connectivity index (χ0v) is 13.7. The largest absolute Gasteiger partial charge is 0.497 e.